The number of carboxylic acid groups (broad SMARTS) is 1. The lowest BCUT2D eigenvalue weighted by Gasteiger charge is -2.30. The highest BCUT2D eigenvalue weighted by molar-refractivity contribution is 5.94. The molecular weight excluding hydrogens is 422 g/mol. The molecule has 6 unspecified atom stereocenters. The van der Waals surface area contributed by atoms with E-state index in [1.54, 1.807) is 6.92 Å². The van der Waals surface area contributed by atoms with Crippen molar-refractivity contribution in [1.29, 1.82) is 0 Å². The lowest BCUT2D eigenvalue weighted by atomic mass is 9.98. The van der Waals surface area contributed by atoms with Gasteiger partial charge in [-0.1, -0.05) is 20.3 Å². The number of nitrogens with one attached hydrogen (secondary N) is 2. The number of amides is 4. The number of nitrogens with two attached hydrogens (primary N) is 2. The summed E-state index contributed by atoms with van der Waals surface area (Å²) in [7, 11) is 0. The molecule has 1 saturated heterocycles. The first-order chi connectivity index (χ1) is 14.9. The number of hydrogen-bond donors (Lipinski definition) is 6. The second-order valence-electron chi connectivity index (χ2n) is 8.23. The van der Waals surface area contributed by atoms with Crippen LogP contribution in [0.4, 0.5) is 0 Å². The summed E-state index contributed by atoms with van der Waals surface area (Å²) in [5.74, 6) is -4.06. The summed E-state index contributed by atoms with van der Waals surface area (Å²) in [5.41, 5.74) is 11.1. The van der Waals surface area contributed by atoms with Crippen molar-refractivity contribution in [2.45, 2.75) is 83.1 Å². The summed E-state index contributed by atoms with van der Waals surface area (Å²) < 4.78 is 0. The van der Waals surface area contributed by atoms with Crippen LogP contribution in [0.1, 0.15) is 52.9 Å². The summed E-state index contributed by atoms with van der Waals surface area (Å²) in [5, 5.41) is 23.6. The normalized spacial score (nSPS) is 20.5. The van der Waals surface area contributed by atoms with Crippen molar-refractivity contribution in [3.05, 3.63) is 0 Å². The van der Waals surface area contributed by atoms with Crippen LogP contribution >= 0.6 is 0 Å². The largest absolute Gasteiger partial charge is 0.480 e. The molecular formula is C20H35N5O7. The van der Waals surface area contributed by atoms with Gasteiger partial charge < -0.3 is 37.2 Å². The Balaban J connectivity index is 3.00. The third-order valence-corrected chi connectivity index (χ3v) is 5.74. The van der Waals surface area contributed by atoms with Crippen LogP contribution in [0.25, 0.3) is 0 Å². The average molecular weight is 458 g/mol. The fraction of sp³-hybridized carbons (Fsp3) is 0.750. The van der Waals surface area contributed by atoms with E-state index in [2.05, 4.69) is 10.6 Å². The maximum Gasteiger partial charge on any atom is 0.328 e. The zero-order valence-corrected chi connectivity index (χ0v) is 18.7. The zero-order chi connectivity index (χ0) is 24.6. The minimum atomic E-state index is -1.53. The molecule has 1 heterocycles. The van der Waals surface area contributed by atoms with Crippen LogP contribution in [0.2, 0.25) is 0 Å². The van der Waals surface area contributed by atoms with Crippen LogP contribution in [0.5, 0.6) is 0 Å². The number of primary amides is 1. The number of aliphatic hydroxyl groups is 1. The lowest BCUT2D eigenvalue weighted by Crippen LogP contribution is -2.58. The maximum atomic E-state index is 13.2. The van der Waals surface area contributed by atoms with Gasteiger partial charge in [0.15, 0.2) is 6.04 Å². The first-order valence-electron chi connectivity index (χ1n) is 10.8. The number of hydrogen-bond acceptors (Lipinski definition) is 7. The monoisotopic (exact) mass is 457 g/mol. The van der Waals surface area contributed by atoms with Crippen LogP contribution in [0.3, 0.4) is 0 Å². The molecule has 32 heavy (non-hydrogen) atoms. The van der Waals surface area contributed by atoms with E-state index >= 15 is 0 Å². The fourth-order valence-corrected chi connectivity index (χ4v) is 3.47. The van der Waals surface area contributed by atoms with Crippen molar-refractivity contribution in [1.82, 2.24) is 15.5 Å². The lowest BCUT2D eigenvalue weighted by molar-refractivity contribution is -0.147. The van der Waals surface area contributed by atoms with E-state index in [1.807, 2.05) is 6.92 Å². The number of carbonyl (C=O) groups is 5. The molecule has 0 aromatic rings. The fourth-order valence-electron chi connectivity index (χ4n) is 3.47. The van der Waals surface area contributed by atoms with Gasteiger partial charge in [-0.3, -0.25) is 19.2 Å². The van der Waals surface area contributed by atoms with Gasteiger partial charge in [0.25, 0.3) is 0 Å². The molecule has 1 rings (SSSR count). The van der Waals surface area contributed by atoms with Gasteiger partial charge in [0.2, 0.25) is 23.6 Å². The second-order valence-corrected chi connectivity index (χ2v) is 8.23. The van der Waals surface area contributed by atoms with Gasteiger partial charge in [-0.05, 0) is 32.1 Å². The van der Waals surface area contributed by atoms with Crippen molar-refractivity contribution in [3.8, 4) is 0 Å². The van der Waals surface area contributed by atoms with Gasteiger partial charge in [-0.25, -0.2) is 4.79 Å². The molecule has 0 aliphatic carbocycles. The maximum absolute atomic E-state index is 13.2. The van der Waals surface area contributed by atoms with Gasteiger partial charge in [-0.15, -0.1) is 0 Å². The van der Waals surface area contributed by atoms with Gasteiger partial charge in [0.1, 0.15) is 12.1 Å². The number of rotatable bonds is 12. The van der Waals surface area contributed by atoms with Crippen LogP contribution in [-0.4, -0.2) is 81.5 Å². The molecule has 6 atom stereocenters. The first kappa shape index (κ1) is 27.3. The Kier molecular flexibility index (Phi) is 10.5. The highest BCUT2D eigenvalue weighted by atomic mass is 16.4. The van der Waals surface area contributed by atoms with Crippen molar-refractivity contribution >= 4 is 29.6 Å². The number of likely N-dealkylation sites (tertiary alicyclic amines) is 1. The summed E-state index contributed by atoms with van der Waals surface area (Å²) in [6.45, 7) is 5.11. The summed E-state index contributed by atoms with van der Waals surface area (Å²) >= 11 is 0. The summed E-state index contributed by atoms with van der Waals surface area (Å²) in [6, 6.07) is -4.48. The van der Waals surface area contributed by atoms with Crippen LogP contribution in [-0.2, 0) is 24.0 Å². The van der Waals surface area contributed by atoms with Gasteiger partial charge >= 0.3 is 5.97 Å². The predicted octanol–water partition coefficient (Wildman–Crippen LogP) is -1.95. The molecule has 0 radical (unpaired) electrons. The molecule has 8 N–H and O–H groups in total. The first-order valence-corrected chi connectivity index (χ1v) is 10.8. The predicted molar refractivity (Wildman–Crippen MR) is 114 cm³/mol. The number of carboxylic acids is 1. The standard InChI is InChI=1S/C20H35N5O7/c1-4-10(2)15(22)18(29)23-12(7-8-14(21)27)19(30)25-9-5-6-13(25)17(28)24-16(11(3)26)20(31)32/h10-13,15-16,26H,4-9,22H2,1-3H3,(H2,21,27)(H,23,29)(H,24,28)(H,31,32). The third-order valence-electron chi connectivity index (χ3n) is 5.74. The Hall–Kier alpha value is -2.73. The Bertz CT molecular complexity index is 714. The quantitative estimate of drug-likeness (QED) is 0.194. The Morgan fingerprint density at radius 3 is 2.28 bits per heavy atom. The van der Waals surface area contributed by atoms with Crippen LogP contribution < -0.4 is 22.1 Å². The van der Waals surface area contributed by atoms with Gasteiger partial charge in [0, 0.05) is 13.0 Å². The molecule has 12 nitrogen and oxygen atoms in total. The smallest absolute Gasteiger partial charge is 0.328 e. The average Bonchev–Trinajstić information content (AvgIpc) is 3.22. The highest BCUT2D eigenvalue weighted by Gasteiger charge is 2.39. The molecule has 1 aliphatic heterocycles. The van der Waals surface area contributed by atoms with Crippen molar-refractivity contribution in [3.63, 3.8) is 0 Å². The Morgan fingerprint density at radius 2 is 1.78 bits per heavy atom. The van der Waals surface area contributed by atoms with E-state index in [0.717, 1.165) is 0 Å². The van der Waals surface area contributed by atoms with E-state index in [4.69, 9.17) is 11.5 Å². The van der Waals surface area contributed by atoms with Crippen molar-refractivity contribution < 1.29 is 34.2 Å². The second kappa shape index (κ2) is 12.3. The molecule has 0 saturated carbocycles. The molecule has 4 amide bonds. The minimum absolute atomic E-state index is 0.0661. The summed E-state index contributed by atoms with van der Waals surface area (Å²) in [4.78, 5) is 62.2. The third kappa shape index (κ3) is 7.45. The molecule has 182 valence electrons. The van der Waals surface area contributed by atoms with Crippen LogP contribution in [0, 0.1) is 5.92 Å². The van der Waals surface area contributed by atoms with E-state index in [1.165, 1.54) is 11.8 Å². The van der Waals surface area contributed by atoms with E-state index < -0.39 is 59.9 Å². The van der Waals surface area contributed by atoms with Gasteiger partial charge in [0.05, 0.1) is 12.1 Å². The minimum Gasteiger partial charge on any atom is -0.480 e. The van der Waals surface area contributed by atoms with Gasteiger partial charge in [-0.2, -0.15) is 0 Å². The molecule has 0 aromatic heterocycles. The Labute approximate surface area is 187 Å². The number of carbonyl (C=O) groups excluding carboxylic acids is 4. The molecule has 1 aliphatic rings. The number of aliphatic hydroxyl groups excluding tert-OH is 1. The SMILES string of the molecule is CCC(C)C(N)C(=O)NC(CCC(N)=O)C(=O)N1CCCC1C(=O)NC(C(=O)O)C(C)O. The topological polar surface area (TPSA) is 205 Å². The summed E-state index contributed by atoms with van der Waals surface area (Å²) in [6.07, 6.45) is -0.152. The highest BCUT2D eigenvalue weighted by Crippen LogP contribution is 2.20. The van der Waals surface area contributed by atoms with Crippen LogP contribution in [0.15, 0.2) is 0 Å². The zero-order valence-electron chi connectivity index (χ0n) is 18.7. The van der Waals surface area contributed by atoms with Crippen molar-refractivity contribution in [2.24, 2.45) is 17.4 Å². The Morgan fingerprint density at radius 1 is 1.16 bits per heavy atom. The molecule has 1 fully saturated rings. The molecule has 0 aromatic carbocycles. The van der Waals surface area contributed by atoms with Crippen molar-refractivity contribution in [2.75, 3.05) is 6.54 Å². The van der Waals surface area contributed by atoms with E-state index in [0.29, 0.717) is 12.8 Å². The number of nitrogens with zero attached hydrogens (tertiary/aromatic N) is 1. The molecule has 0 spiro atoms. The van der Waals surface area contributed by atoms with E-state index in [9.17, 15) is 34.2 Å². The molecule has 12 heteroatoms. The van der Waals surface area contributed by atoms with E-state index in [-0.39, 0.29) is 31.7 Å². The molecule has 0 bridgehead atoms. The number of aliphatic carboxylic acids is 1.